The molecule has 0 radical (unpaired) electrons. The number of rotatable bonds is 6. The number of para-hydroxylation sites is 3. The van der Waals surface area contributed by atoms with Gasteiger partial charge >= 0.3 is 5.91 Å². The first-order chi connectivity index (χ1) is 15.1. The molecule has 3 aromatic rings. The summed E-state index contributed by atoms with van der Waals surface area (Å²) < 4.78 is 16.3. The Kier molecular flexibility index (Phi) is 5.84. The number of nitrogens with one attached hydrogen (secondary N) is 2. The van der Waals surface area contributed by atoms with Gasteiger partial charge in [-0.1, -0.05) is 30.3 Å². The number of hydrogen-bond donors (Lipinski definition) is 2. The maximum absolute atomic E-state index is 12.3. The zero-order valence-corrected chi connectivity index (χ0v) is 16.4. The average molecular weight is 421 g/mol. The maximum atomic E-state index is 12.3. The summed E-state index contributed by atoms with van der Waals surface area (Å²) >= 11 is 0. The first kappa shape index (κ1) is 20.0. The molecular formula is C22H19N3O6. The van der Waals surface area contributed by atoms with E-state index in [9.17, 15) is 14.4 Å². The van der Waals surface area contributed by atoms with Gasteiger partial charge in [0.05, 0.1) is 5.69 Å². The second-order valence-corrected chi connectivity index (χ2v) is 6.61. The van der Waals surface area contributed by atoms with Crippen molar-refractivity contribution in [3.05, 3.63) is 78.3 Å². The fourth-order valence-electron chi connectivity index (χ4n) is 2.95. The van der Waals surface area contributed by atoms with E-state index in [0.29, 0.717) is 22.9 Å². The molecule has 9 heteroatoms. The number of amides is 3. The SMILES string of the molecule is O=C(CN1C(=O)COc2ccccc21)NNC(=O)c1ccc(COc2ccccc2)o1. The van der Waals surface area contributed by atoms with E-state index < -0.39 is 11.8 Å². The van der Waals surface area contributed by atoms with Crippen molar-refractivity contribution in [3.8, 4) is 11.5 Å². The quantitative estimate of drug-likeness (QED) is 0.590. The summed E-state index contributed by atoms with van der Waals surface area (Å²) in [5.41, 5.74) is 5.05. The minimum absolute atomic E-state index is 0.0137. The molecule has 1 aliphatic rings. The Morgan fingerprint density at radius 1 is 0.968 bits per heavy atom. The van der Waals surface area contributed by atoms with Gasteiger partial charge in [-0.25, -0.2) is 0 Å². The molecule has 2 aromatic carbocycles. The largest absolute Gasteiger partial charge is 0.486 e. The van der Waals surface area contributed by atoms with E-state index >= 15 is 0 Å². The van der Waals surface area contributed by atoms with Gasteiger partial charge in [-0.15, -0.1) is 0 Å². The van der Waals surface area contributed by atoms with Crippen molar-refractivity contribution >= 4 is 23.4 Å². The van der Waals surface area contributed by atoms with Gasteiger partial charge < -0.3 is 13.9 Å². The molecule has 0 fully saturated rings. The highest BCUT2D eigenvalue weighted by atomic mass is 16.5. The van der Waals surface area contributed by atoms with Crippen LogP contribution in [0.25, 0.3) is 0 Å². The predicted octanol–water partition coefficient (Wildman–Crippen LogP) is 2.05. The highest BCUT2D eigenvalue weighted by Gasteiger charge is 2.27. The number of carbonyl (C=O) groups is 3. The third-order valence-electron chi connectivity index (χ3n) is 4.44. The highest BCUT2D eigenvalue weighted by Crippen LogP contribution is 2.31. The summed E-state index contributed by atoms with van der Waals surface area (Å²) in [6, 6.07) is 19.2. The van der Waals surface area contributed by atoms with Crippen LogP contribution in [0.4, 0.5) is 5.69 Å². The summed E-state index contributed by atoms with van der Waals surface area (Å²) in [7, 11) is 0. The summed E-state index contributed by atoms with van der Waals surface area (Å²) in [4.78, 5) is 37.9. The molecule has 0 bridgehead atoms. The van der Waals surface area contributed by atoms with Crippen molar-refractivity contribution in [2.75, 3.05) is 18.1 Å². The highest BCUT2D eigenvalue weighted by molar-refractivity contribution is 6.02. The number of nitrogens with zero attached hydrogens (tertiary/aromatic N) is 1. The average Bonchev–Trinajstić information content (AvgIpc) is 3.28. The third kappa shape index (κ3) is 4.84. The van der Waals surface area contributed by atoms with Crippen molar-refractivity contribution < 1.29 is 28.3 Å². The van der Waals surface area contributed by atoms with E-state index in [1.807, 2.05) is 30.3 Å². The number of anilines is 1. The Morgan fingerprint density at radius 2 is 1.74 bits per heavy atom. The normalized spacial score (nSPS) is 12.5. The van der Waals surface area contributed by atoms with E-state index in [-0.39, 0.29) is 31.4 Å². The first-order valence-electron chi connectivity index (χ1n) is 9.48. The number of hydrazine groups is 1. The van der Waals surface area contributed by atoms with E-state index in [4.69, 9.17) is 13.9 Å². The molecule has 31 heavy (non-hydrogen) atoms. The number of furan rings is 1. The molecule has 0 atom stereocenters. The van der Waals surface area contributed by atoms with Crippen LogP contribution in [0.3, 0.4) is 0 Å². The summed E-state index contributed by atoms with van der Waals surface area (Å²) in [6.45, 7) is -0.271. The van der Waals surface area contributed by atoms with E-state index in [2.05, 4.69) is 10.9 Å². The van der Waals surface area contributed by atoms with E-state index in [0.717, 1.165) is 0 Å². The Morgan fingerprint density at radius 3 is 2.58 bits per heavy atom. The minimum atomic E-state index is -0.631. The Bertz CT molecular complexity index is 1100. The second-order valence-electron chi connectivity index (χ2n) is 6.61. The molecule has 0 saturated carbocycles. The van der Waals surface area contributed by atoms with Crippen LogP contribution in [0.15, 0.2) is 71.1 Å². The van der Waals surface area contributed by atoms with Crippen molar-refractivity contribution in [3.63, 3.8) is 0 Å². The zero-order chi connectivity index (χ0) is 21.6. The molecule has 0 aliphatic carbocycles. The summed E-state index contributed by atoms with van der Waals surface area (Å²) in [5.74, 6) is 0.103. The molecule has 0 spiro atoms. The van der Waals surface area contributed by atoms with Crippen LogP contribution < -0.4 is 25.2 Å². The van der Waals surface area contributed by atoms with Gasteiger partial charge in [-0.3, -0.25) is 30.1 Å². The van der Waals surface area contributed by atoms with Gasteiger partial charge in [-0.2, -0.15) is 0 Å². The molecule has 1 aliphatic heterocycles. The molecule has 1 aromatic heterocycles. The summed E-state index contributed by atoms with van der Waals surface area (Å²) in [6.07, 6.45) is 0. The number of benzene rings is 2. The Balaban J connectivity index is 1.28. The predicted molar refractivity (Wildman–Crippen MR) is 109 cm³/mol. The van der Waals surface area contributed by atoms with Crippen LogP contribution in [0.5, 0.6) is 11.5 Å². The zero-order valence-electron chi connectivity index (χ0n) is 16.4. The van der Waals surface area contributed by atoms with Crippen LogP contribution in [0.1, 0.15) is 16.3 Å². The lowest BCUT2D eigenvalue weighted by Gasteiger charge is -2.28. The molecule has 0 saturated heterocycles. The van der Waals surface area contributed by atoms with Gasteiger partial charge in [0, 0.05) is 0 Å². The monoisotopic (exact) mass is 421 g/mol. The van der Waals surface area contributed by atoms with Crippen molar-refractivity contribution in [2.45, 2.75) is 6.61 Å². The Labute approximate surface area is 177 Å². The van der Waals surface area contributed by atoms with Crippen LogP contribution >= 0.6 is 0 Å². The molecule has 3 amide bonds. The fourth-order valence-corrected chi connectivity index (χ4v) is 2.95. The topological polar surface area (TPSA) is 110 Å². The third-order valence-corrected chi connectivity index (χ3v) is 4.44. The lowest BCUT2D eigenvalue weighted by molar-refractivity contribution is -0.125. The van der Waals surface area contributed by atoms with Crippen LogP contribution in [0, 0.1) is 0 Å². The van der Waals surface area contributed by atoms with Crippen LogP contribution in [-0.2, 0) is 16.2 Å². The van der Waals surface area contributed by atoms with Crippen LogP contribution in [0.2, 0.25) is 0 Å². The minimum Gasteiger partial charge on any atom is -0.486 e. The first-order valence-corrected chi connectivity index (χ1v) is 9.48. The van der Waals surface area contributed by atoms with Crippen LogP contribution in [-0.4, -0.2) is 30.9 Å². The van der Waals surface area contributed by atoms with E-state index in [1.165, 1.54) is 11.0 Å². The maximum Gasteiger partial charge on any atom is 0.305 e. The Hall–Kier alpha value is -4.27. The van der Waals surface area contributed by atoms with Gasteiger partial charge in [-0.05, 0) is 36.4 Å². The summed E-state index contributed by atoms with van der Waals surface area (Å²) in [5, 5.41) is 0. The van der Waals surface area contributed by atoms with Gasteiger partial charge in [0.1, 0.15) is 30.4 Å². The van der Waals surface area contributed by atoms with Crippen molar-refractivity contribution in [1.29, 1.82) is 0 Å². The number of hydrogen-bond acceptors (Lipinski definition) is 6. The number of ether oxygens (including phenoxy) is 2. The standard InChI is InChI=1S/C22H19N3O6/c26-20(12-25-17-8-4-5-9-18(17)30-14-21(25)27)23-24-22(28)19-11-10-16(31-19)13-29-15-6-2-1-3-7-15/h1-11H,12-14H2,(H,23,26)(H,24,28). The smallest absolute Gasteiger partial charge is 0.305 e. The molecule has 158 valence electrons. The molecule has 2 heterocycles. The number of carbonyl (C=O) groups excluding carboxylic acids is 3. The number of fused-ring (bicyclic) bond motifs is 1. The molecule has 2 N–H and O–H groups in total. The van der Waals surface area contributed by atoms with Gasteiger partial charge in [0.25, 0.3) is 11.8 Å². The second kappa shape index (κ2) is 9.04. The molecule has 0 unspecified atom stereocenters. The van der Waals surface area contributed by atoms with Gasteiger partial charge in [0.2, 0.25) is 0 Å². The van der Waals surface area contributed by atoms with Gasteiger partial charge in [0.15, 0.2) is 12.4 Å². The van der Waals surface area contributed by atoms with E-state index in [1.54, 1.807) is 30.3 Å². The fraction of sp³-hybridized carbons (Fsp3) is 0.136. The van der Waals surface area contributed by atoms with Crippen molar-refractivity contribution in [1.82, 2.24) is 10.9 Å². The lowest BCUT2D eigenvalue weighted by atomic mass is 10.2. The molecular weight excluding hydrogens is 402 g/mol. The lowest BCUT2D eigenvalue weighted by Crippen LogP contribution is -2.49. The molecule has 4 rings (SSSR count). The molecule has 9 nitrogen and oxygen atoms in total. The van der Waals surface area contributed by atoms with Crippen molar-refractivity contribution in [2.24, 2.45) is 0 Å².